The maximum Gasteiger partial charge on any atom is 0.407 e. The molecule has 0 bridgehead atoms. The molecular weight excluding hydrogens is 144 g/mol. The lowest BCUT2D eigenvalue weighted by atomic mass is 10.1. The number of hydrogen-bond donors (Lipinski definition) is 2. The molecule has 1 amide bonds. The third-order valence-corrected chi connectivity index (χ3v) is 1.55. The molecule has 0 aliphatic heterocycles. The number of nitrogens with two attached hydrogens (primary N) is 1. The van der Waals surface area contributed by atoms with Crippen LogP contribution in [0.5, 0.6) is 0 Å². The minimum Gasteiger partial charge on any atom is -0.453 e. The third-order valence-electron chi connectivity index (χ3n) is 1.55. The molecule has 11 heavy (non-hydrogen) atoms. The molecule has 3 N–H and O–H groups in total. The van der Waals surface area contributed by atoms with E-state index in [4.69, 9.17) is 5.73 Å². The van der Waals surface area contributed by atoms with Crippen molar-refractivity contribution in [2.75, 3.05) is 13.7 Å². The number of carbonyl (C=O) groups is 1. The largest absolute Gasteiger partial charge is 0.453 e. The van der Waals surface area contributed by atoms with Crippen molar-refractivity contribution in [3.05, 3.63) is 0 Å². The van der Waals surface area contributed by atoms with Crippen LogP contribution in [0.25, 0.3) is 0 Å². The maximum absolute atomic E-state index is 10.7. The van der Waals surface area contributed by atoms with E-state index >= 15 is 0 Å². The van der Waals surface area contributed by atoms with Crippen LogP contribution in [-0.4, -0.2) is 25.8 Å². The van der Waals surface area contributed by atoms with Gasteiger partial charge in [-0.15, -0.1) is 0 Å². The fourth-order valence-electron chi connectivity index (χ4n) is 0.708. The van der Waals surface area contributed by atoms with Gasteiger partial charge in [0.15, 0.2) is 0 Å². The summed E-state index contributed by atoms with van der Waals surface area (Å²) in [5.74, 6) is 0.332. The summed E-state index contributed by atoms with van der Waals surface area (Å²) in [5, 5.41) is 2.63. The predicted molar refractivity (Wildman–Crippen MR) is 43.2 cm³/mol. The highest BCUT2D eigenvalue weighted by Gasteiger charge is 2.13. The van der Waals surface area contributed by atoms with Crippen LogP contribution in [-0.2, 0) is 4.74 Å². The van der Waals surface area contributed by atoms with Crippen LogP contribution < -0.4 is 11.1 Å². The highest BCUT2D eigenvalue weighted by Crippen LogP contribution is 1.98. The number of ether oxygens (including phenoxy) is 1. The van der Waals surface area contributed by atoms with Crippen LogP contribution in [0.15, 0.2) is 0 Å². The van der Waals surface area contributed by atoms with E-state index in [9.17, 15) is 4.79 Å². The zero-order chi connectivity index (χ0) is 8.85. The number of methoxy groups -OCH3 is 1. The normalized spacial score (nSPS) is 12.8. The smallest absolute Gasteiger partial charge is 0.407 e. The highest BCUT2D eigenvalue weighted by atomic mass is 16.5. The van der Waals surface area contributed by atoms with E-state index < -0.39 is 6.09 Å². The minimum absolute atomic E-state index is 0.00227. The van der Waals surface area contributed by atoms with Gasteiger partial charge in [-0.3, -0.25) is 0 Å². The molecule has 1 unspecified atom stereocenters. The van der Waals surface area contributed by atoms with Crippen LogP contribution in [0.2, 0.25) is 0 Å². The molecule has 0 aliphatic carbocycles. The Morgan fingerprint density at radius 1 is 1.64 bits per heavy atom. The van der Waals surface area contributed by atoms with Gasteiger partial charge in [0.25, 0.3) is 0 Å². The Morgan fingerprint density at radius 3 is 2.45 bits per heavy atom. The lowest BCUT2D eigenvalue weighted by Gasteiger charge is -2.19. The van der Waals surface area contributed by atoms with E-state index in [0.29, 0.717) is 12.5 Å². The Morgan fingerprint density at radius 2 is 2.18 bits per heavy atom. The monoisotopic (exact) mass is 160 g/mol. The van der Waals surface area contributed by atoms with E-state index in [1.165, 1.54) is 7.11 Å². The number of alkyl carbamates (subject to hydrolysis) is 1. The molecule has 4 heteroatoms. The van der Waals surface area contributed by atoms with Gasteiger partial charge in [-0.05, 0) is 5.92 Å². The number of hydrogen-bond acceptors (Lipinski definition) is 3. The second-order valence-corrected chi connectivity index (χ2v) is 2.72. The van der Waals surface area contributed by atoms with Gasteiger partial charge in [-0.2, -0.15) is 0 Å². The first-order chi connectivity index (χ1) is 5.11. The first kappa shape index (κ1) is 10.2. The highest BCUT2D eigenvalue weighted by molar-refractivity contribution is 5.67. The topological polar surface area (TPSA) is 64.3 Å². The van der Waals surface area contributed by atoms with Crippen molar-refractivity contribution in [2.24, 2.45) is 11.7 Å². The Labute approximate surface area is 67.1 Å². The molecule has 0 rings (SSSR count). The molecule has 0 saturated carbocycles. The molecule has 0 aromatic rings. The number of carbonyl (C=O) groups excluding carboxylic acids is 1. The minimum atomic E-state index is -0.422. The van der Waals surface area contributed by atoms with Crippen molar-refractivity contribution in [3.63, 3.8) is 0 Å². The summed E-state index contributed by atoms with van der Waals surface area (Å²) in [6.45, 7) is 4.42. The van der Waals surface area contributed by atoms with Crippen molar-refractivity contribution < 1.29 is 9.53 Å². The van der Waals surface area contributed by atoms with E-state index in [1.807, 2.05) is 13.8 Å². The molecule has 4 nitrogen and oxygen atoms in total. The fourth-order valence-corrected chi connectivity index (χ4v) is 0.708. The fraction of sp³-hybridized carbons (Fsp3) is 0.857. The molecule has 66 valence electrons. The maximum atomic E-state index is 10.7. The van der Waals surface area contributed by atoms with Gasteiger partial charge in [-0.1, -0.05) is 13.8 Å². The van der Waals surface area contributed by atoms with Crippen LogP contribution in [0, 0.1) is 5.92 Å². The summed E-state index contributed by atoms with van der Waals surface area (Å²) in [5.41, 5.74) is 5.41. The van der Waals surface area contributed by atoms with E-state index in [1.54, 1.807) is 0 Å². The Kier molecular flexibility index (Phi) is 4.61. The van der Waals surface area contributed by atoms with Crippen molar-refractivity contribution in [3.8, 4) is 0 Å². The molecule has 0 radical (unpaired) electrons. The molecule has 0 aliphatic rings. The number of amides is 1. The van der Waals surface area contributed by atoms with Crippen molar-refractivity contribution in [2.45, 2.75) is 19.9 Å². The summed E-state index contributed by atoms with van der Waals surface area (Å²) in [4.78, 5) is 10.7. The van der Waals surface area contributed by atoms with E-state index in [-0.39, 0.29) is 6.04 Å². The molecule has 0 heterocycles. The Hall–Kier alpha value is -0.770. The molecule has 0 spiro atoms. The summed E-state index contributed by atoms with van der Waals surface area (Å²) >= 11 is 0. The average Bonchev–Trinajstić information content (AvgIpc) is 1.99. The zero-order valence-corrected chi connectivity index (χ0v) is 7.26. The van der Waals surface area contributed by atoms with Crippen LogP contribution >= 0.6 is 0 Å². The van der Waals surface area contributed by atoms with Crippen molar-refractivity contribution in [1.82, 2.24) is 5.32 Å². The zero-order valence-electron chi connectivity index (χ0n) is 7.26. The quantitative estimate of drug-likeness (QED) is 0.625. The molecule has 0 saturated heterocycles. The van der Waals surface area contributed by atoms with Crippen LogP contribution in [0.3, 0.4) is 0 Å². The number of nitrogens with one attached hydrogen (secondary N) is 1. The average molecular weight is 160 g/mol. The van der Waals surface area contributed by atoms with Gasteiger partial charge in [0.1, 0.15) is 0 Å². The van der Waals surface area contributed by atoms with Gasteiger partial charge in [0.05, 0.1) is 7.11 Å². The Balaban J connectivity index is 3.78. The van der Waals surface area contributed by atoms with E-state index in [0.717, 1.165) is 0 Å². The molecule has 0 aromatic carbocycles. The standard InChI is InChI=1S/C7H16N2O2/c1-5(2)6(4-8)9-7(10)11-3/h5-6H,4,8H2,1-3H3,(H,9,10). The van der Waals surface area contributed by atoms with Crippen LogP contribution in [0.4, 0.5) is 4.79 Å². The summed E-state index contributed by atoms with van der Waals surface area (Å²) in [6, 6.07) is 0.00227. The Bertz CT molecular complexity index is 126. The van der Waals surface area contributed by atoms with Gasteiger partial charge >= 0.3 is 6.09 Å². The van der Waals surface area contributed by atoms with Gasteiger partial charge < -0.3 is 15.8 Å². The summed E-state index contributed by atoms with van der Waals surface area (Å²) in [7, 11) is 1.34. The molecule has 1 atom stereocenters. The van der Waals surface area contributed by atoms with Gasteiger partial charge in [0.2, 0.25) is 0 Å². The third kappa shape index (κ3) is 3.83. The molecule has 0 fully saturated rings. The molecule has 0 aromatic heterocycles. The lowest BCUT2D eigenvalue weighted by Crippen LogP contribution is -2.43. The summed E-state index contributed by atoms with van der Waals surface area (Å²) < 4.78 is 4.43. The van der Waals surface area contributed by atoms with Crippen LogP contribution in [0.1, 0.15) is 13.8 Å². The first-order valence-corrected chi connectivity index (χ1v) is 3.66. The first-order valence-electron chi connectivity index (χ1n) is 3.66. The molecular formula is C7H16N2O2. The van der Waals surface area contributed by atoms with Crippen molar-refractivity contribution in [1.29, 1.82) is 0 Å². The second-order valence-electron chi connectivity index (χ2n) is 2.72. The summed E-state index contributed by atoms with van der Waals surface area (Å²) in [6.07, 6.45) is -0.422. The number of rotatable bonds is 3. The van der Waals surface area contributed by atoms with Crippen molar-refractivity contribution >= 4 is 6.09 Å². The second kappa shape index (κ2) is 4.96. The predicted octanol–water partition coefficient (Wildman–Crippen LogP) is 0.326. The van der Waals surface area contributed by atoms with Gasteiger partial charge in [-0.25, -0.2) is 4.79 Å². The van der Waals surface area contributed by atoms with Gasteiger partial charge in [0, 0.05) is 12.6 Å². The lowest BCUT2D eigenvalue weighted by molar-refractivity contribution is 0.163. The van der Waals surface area contributed by atoms with E-state index in [2.05, 4.69) is 10.1 Å². The SMILES string of the molecule is COC(=O)NC(CN)C(C)C.